The van der Waals surface area contributed by atoms with Crippen LogP contribution in [0.4, 0.5) is 0 Å². The molecule has 3 N–H and O–H groups in total. The van der Waals surface area contributed by atoms with Crippen molar-refractivity contribution in [1.29, 1.82) is 0 Å². The van der Waals surface area contributed by atoms with Crippen LogP contribution in [-0.2, 0) is 14.3 Å². The fourth-order valence-electron chi connectivity index (χ4n) is 2.56. The van der Waals surface area contributed by atoms with Crippen molar-refractivity contribution in [3.63, 3.8) is 0 Å². The summed E-state index contributed by atoms with van der Waals surface area (Å²) in [5.74, 6) is -0.427. The van der Waals surface area contributed by atoms with Gasteiger partial charge in [0.2, 0.25) is 11.8 Å². The summed E-state index contributed by atoms with van der Waals surface area (Å²) in [6.07, 6.45) is 3.51. The Morgan fingerprint density at radius 3 is 2.94 bits per heavy atom. The number of piperazine rings is 1. The van der Waals surface area contributed by atoms with Gasteiger partial charge in [-0.3, -0.25) is 9.59 Å². The molecule has 2 saturated heterocycles. The predicted octanol–water partition coefficient (Wildman–Crippen LogP) is -0.769. The van der Waals surface area contributed by atoms with Crippen molar-refractivity contribution in [3.05, 3.63) is 0 Å². The van der Waals surface area contributed by atoms with Gasteiger partial charge >= 0.3 is 0 Å². The van der Waals surface area contributed by atoms with Crippen LogP contribution in [0.2, 0.25) is 0 Å². The number of carbonyl (C=O) groups excluding carboxylic acids is 2. The summed E-state index contributed by atoms with van der Waals surface area (Å²) in [4.78, 5) is 25.0. The highest BCUT2D eigenvalue weighted by Gasteiger charge is 2.30. The van der Waals surface area contributed by atoms with Crippen molar-refractivity contribution in [2.45, 2.75) is 37.8 Å². The molecule has 6 heteroatoms. The molecule has 2 heterocycles. The highest BCUT2D eigenvalue weighted by molar-refractivity contribution is 5.87. The van der Waals surface area contributed by atoms with Crippen molar-refractivity contribution in [3.8, 4) is 0 Å². The lowest BCUT2D eigenvalue weighted by Gasteiger charge is -2.34. The second-order valence-electron chi connectivity index (χ2n) is 4.88. The monoisotopic (exact) mass is 255 g/mol. The van der Waals surface area contributed by atoms with E-state index in [4.69, 9.17) is 10.5 Å². The fraction of sp³-hybridized carbons (Fsp3) is 0.833. The highest BCUT2D eigenvalue weighted by Crippen LogP contribution is 2.18. The summed E-state index contributed by atoms with van der Waals surface area (Å²) in [6, 6.07) is -0.504. The highest BCUT2D eigenvalue weighted by atomic mass is 16.5. The van der Waals surface area contributed by atoms with Crippen LogP contribution in [0.5, 0.6) is 0 Å². The molecule has 0 saturated carbocycles. The Morgan fingerprint density at radius 2 is 2.28 bits per heavy atom. The van der Waals surface area contributed by atoms with Gasteiger partial charge in [0, 0.05) is 32.7 Å². The van der Waals surface area contributed by atoms with Crippen LogP contribution in [0.3, 0.4) is 0 Å². The molecule has 2 rings (SSSR count). The van der Waals surface area contributed by atoms with Crippen LogP contribution in [0.25, 0.3) is 0 Å². The van der Waals surface area contributed by atoms with Crippen LogP contribution in [0.15, 0.2) is 0 Å². The summed E-state index contributed by atoms with van der Waals surface area (Å²) in [6.45, 7) is 2.53. The molecule has 2 atom stereocenters. The molecule has 0 aromatic heterocycles. The Balaban J connectivity index is 1.83. The van der Waals surface area contributed by atoms with E-state index in [1.807, 2.05) is 0 Å². The van der Waals surface area contributed by atoms with Crippen molar-refractivity contribution < 1.29 is 14.3 Å². The average molecular weight is 255 g/mol. The lowest BCUT2D eigenvalue weighted by molar-refractivity contribution is -0.140. The zero-order valence-electron chi connectivity index (χ0n) is 10.6. The van der Waals surface area contributed by atoms with E-state index in [0.717, 1.165) is 32.4 Å². The number of carbonyl (C=O) groups is 2. The third kappa shape index (κ3) is 3.20. The fourth-order valence-corrected chi connectivity index (χ4v) is 2.56. The molecule has 2 unspecified atom stereocenters. The minimum atomic E-state index is -0.504. The number of hydrogen-bond acceptors (Lipinski definition) is 4. The first-order valence-electron chi connectivity index (χ1n) is 6.59. The smallest absolute Gasteiger partial charge is 0.241 e. The number of primary amides is 1. The first-order chi connectivity index (χ1) is 8.68. The zero-order valence-corrected chi connectivity index (χ0v) is 10.6. The Morgan fingerprint density at radius 1 is 1.44 bits per heavy atom. The second-order valence-corrected chi connectivity index (χ2v) is 4.88. The quantitative estimate of drug-likeness (QED) is 0.691. The number of nitrogens with two attached hydrogens (primary N) is 1. The summed E-state index contributed by atoms with van der Waals surface area (Å²) in [5, 5.41) is 3.08. The van der Waals surface area contributed by atoms with Gasteiger partial charge in [0.1, 0.15) is 6.04 Å². The molecule has 0 aliphatic carbocycles. The molecule has 18 heavy (non-hydrogen) atoms. The molecule has 0 radical (unpaired) electrons. The molecular weight excluding hydrogens is 234 g/mol. The Bertz CT molecular complexity index is 316. The molecule has 0 aromatic rings. The Labute approximate surface area is 107 Å². The Kier molecular flexibility index (Phi) is 4.54. The number of nitrogens with zero attached hydrogens (tertiary/aromatic N) is 1. The average Bonchev–Trinajstić information content (AvgIpc) is 2.89. The van der Waals surface area contributed by atoms with Gasteiger partial charge in [0.25, 0.3) is 0 Å². The van der Waals surface area contributed by atoms with Crippen LogP contribution in [0.1, 0.15) is 25.7 Å². The normalized spacial score (nSPS) is 28.3. The molecule has 0 bridgehead atoms. The van der Waals surface area contributed by atoms with Gasteiger partial charge in [-0.25, -0.2) is 0 Å². The lowest BCUT2D eigenvalue weighted by atomic mass is 10.1. The first-order valence-corrected chi connectivity index (χ1v) is 6.59. The van der Waals surface area contributed by atoms with E-state index in [0.29, 0.717) is 19.5 Å². The van der Waals surface area contributed by atoms with E-state index in [2.05, 4.69) is 5.32 Å². The maximum atomic E-state index is 12.1. The van der Waals surface area contributed by atoms with Gasteiger partial charge in [0.15, 0.2) is 0 Å². The third-order valence-corrected chi connectivity index (χ3v) is 3.60. The van der Waals surface area contributed by atoms with Crippen molar-refractivity contribution in [2.75, 3.05) is 26.2 Å². The van der Waals surface area contributed by atoms with E-state index < -0.39 is 11.9 Å². The number of hydrogen-bond donors (Lipinski definition) is 2. The molecule has 0 aromatic carbocycles. The number of rotatable bonds is 4. The van der Waals surface area contributed by atoms with Gasteiger partial charge in [0.05, 0.1) is 6.10 Å². The van der Waals surface area contributed by atoms with Crippen LogP contribution < -0.4 is 11.1 Å². The van der Waals surface area contributed by atoms with Crippen molar-refractivity contribution in [2.24, 2.45) is 5.73 Å². The lowest BCUT2D eigenvalue weighted by Crippen LogP contribution is -2.58. The van der Waals surface area contributed by atoms with Crippen LogP contribution in [0, 0.1) is 0 Å². The first kappa shape index (κ1) is 13.3. The van der Waals surface area contributed by atoms with E-state index in [9.17, 15) is 9.59 Å². The largest absolute Gasteiger partial charge is 0.378 e. The Hall–Kier alpha value is -1.14. The molecular formula is C12H21N3O3. The van der Waals surface area contributed by atoms with Gasteiger partial charge in [-0.15, -0.1) is 0 Å². The van der Waals surface area contributed by atoms with E-state index in [1.165, 1.54) is 0 Å². The number of amides is 2. The topological polar surface area (TPSA) is 84.7 Å². The summed E-state index contributed by atoms with van der Waals surface area (Å²) in [7, 11) is 0. The maximum Gasteiger partial charge on any atom is 0.241 e. The van der Waals surface area contributed by atoms with E-state index in [1.54, 1.807) is 4.90 Å². The molecule has 2 aliphatic rings. The SMILES string of the molecule is NC(=O)C1CNCCN1C(=O)CCC1CCCO1. The van der Waals surface area contributed by atoms with E-state index >= 15 is 0 Å². The van der Waals surface area contributed by atoms with Gasteiger partial charge in [-0.1, -0.05) is 0 Å². The summed E-state index contributed by atoms with van der Waals surface area (Å²) >= 11 is 0. The molecule has 102 valence electrons. The molecule has 2 amide bonds. The number of nitrogens with one attached hydrogen (secondary N) is 1. The third-order valence-electron chi connectivity index (χ3n) is 3.60. The minimum Gasteiger partial charge on any atom is -0.378 e. The standard InChI is InChI=1S/C12H21N3O3/c13-12(17)10-8-14-5-6-15(10)11(16)4-3-9-2-1-7-18-9/h9-10,14H,1-8H2,(H2,13,17). The predicted molar refractivity (Wildman–Crippen MR) is 65.8 cm³/mol. The van der Waals surface area contributed by atoms with Crippen molar-refractivity contribution in [1.82, 2.24) is 10.2 Å². The van der Waals surface area contributed by atoms with Crippen molar-refractivity contribution >= 4 is 11.8 Å². The summed E-state index contributed by atoms with van der Waals surface area (Å²) < 4.78 is 5.49. The van der Waals surface area contributed by atoms with Crippen LogP contribution in [-0.4, -0.2) is 55.1 Å². The second kappa shape index (κ2) is 6.15. The summed E-state index contributed by atoms with van der Waals surface area (Å²) in [5.41, 5.74) is 5.32. The zero-order chi connectivity index (χ0) is 13.0. The van der Waals surface area contributed by atoms with Gasteiger partial charge < -0.3 is 20.7 Å². The van der Waals surface area contributed by atoms with E-state index in [-0.39, 0.29) is 12.0 Å². The molecule has 2 aliphatic heterocycles. The van der Waals surface area contributed by atoms with Crippen LogP contribution >= 0.6 is 0 Å². The molecule has 0 spiro atoms. The van der Waals surface area contributed by atoms with Gasteiger partial charge in [-0.2, -0.15) is 0 Å². The molecule has 6 nitrogen and oxygen atoms in total. The number of ether oxygens (including phenoxy) is 1. The minimum absolute atomic E-state index is 0.0100. The maximum absolute atomic E-state index is 12.1. The van der Waals surface area contributed by atoms with Gasteiger partial charge in [-0.05, 0) is 19.3 Å². The molecule has 2 fully saturated rings.